The van der Waals surface area contributed by atoms with Gasteiger partial charge in [0.1, 0.15) is 6.10 Å². The summed E-state index contributed by atoms with van der Waals surface area (Å²) in [6.45, 7) is 3.63. The Morgan fingerprint density at radius 1 is 1.54 bits per heavy atom. The number of aliphatic hydroxyl groups excluding tert-OH is 1. The zero-order valence-corrected chi connectivity index (χ0v) is 8.06. The Kier molecular flexibility index (Phi) is 3.48. The lowest BCUT2D eigenvalue weighted by molar-refractivity contribution is -0.154. The number of carbonyl (C=O) groups is 1. The molecule has 0 radical (unpaired) electrons. The SMILES string of the molecule is CC1/C=C\CCC(=O)OC(C)C1O. The Labute approximate surface area is 78.4 Å². The van der Waals surface area contributed by atoms with Crippen molar-refractivity contribution in [1.29, 1.82) is 0 Å². The molecule has 1 aliphatic rings. The maximum absolute atomic E-state index is 11.1. The van der Waals surface area contributed by atoms with E-state index in [-0.39, 0.29) is 11.9 Å². The van der Waals surface area contributed by atoms with Gasteiger partial charge in [-0.3, -0.25) is 4.79 Å². The fourth-order valence-electron chi connectivity index (χ4n) is 1.39. The van der Waals surface area contributed by atoms with Gasteiger partial charge in [-0.25, -0.2) is 0 Å². The van der Waals surface area contributed by atoms with Crippen LogP contribution in [0.25, 0.3) is 0 Å². The summed E-state index contributed by atoms with van der Waals surface area (Å²) in [6.07, 6.45) is 3.95. The van der Waals surface area contributed by atoms with Gasteiger partial charge >= 0.3 is 5.97 Å². The van der Waals surface area contributed by atoms with Crippen molar-refractivity contribution in [3.63, 3.8) is 0 Å². The van der Waals surface area contributed by atoms with Crippen LogP contribution in [0.2, 0.25) is 0 Å². The van der Waals surface area contributed by atoms with Crippen LogP contribution in [0.4, 0.5) is 0 Å². The summed E-state index contributed by atoms with van der Waals surface area (Å²) in [6, 6.07) is 0. The summed E-state index contributed by atoms with van der Waals surface area (Å²) < 4.78 is 5.02. The summed E-state index contributed by atoms with van der Waals surface area (Å²) >= 11 is 0. The molecule has 3 atom stereocenters. The lowest BCUT2D eigenvalue weighted by Gasteiger charge is -2.21. The van der Waals surface area contributed by atoms with Crippen LogP contribution in [0, 0.1) is 5.92 Å². The molecule has 74 valence electrons. The van der Waals surface area contributed by atoms with E-state index in [1.807, 2.05) is 19.1 Å². The largest absolute Gasteiger partial charge is 0.460 e. The molecule has 0 aromatic rings. The number of carbonyl (C=O) groups excluding carboxylic acids is 1. The fraction of sp³-hybridized carbons (Fsp3) is 0.700. The van der Waals surface area contributed by atoms with Crippen LogP contribution in [-0.2, 0) is 9.53 Å². The van der Waals surface area contributed by atoms with Gasteiger partial charge in [0, 0.05) is 12.3 Å². The summed E-state index contributed by atoms with van der Waals surface area (Å²) in [5.41, 5.74) is 0. The average Bonchev–Trinajstić information content (AvgIpc) is 2.13. The van der Waals surface area contributed by atoms with Gasteiger partial charge in [0.15, 0.2) is 0 Å². The zero-order chi connectivity index (χ0) is 9.84. The smallest absolute Gasteiger partial charge is 0.306 e. The molecular weight excluding hydrogens is 168 g/mol. The second-order valence-corrected chi connectivity index (χ2v) is 3.51. The molecule has 0 fully saturated rings. The number of ether oxygens (including phenoxy) is 1. The van der Waals surface area contributed by atoms with Gasteiger partial charge in [0.25, 0.3) is 0 Å². The van der Waals surface area contributed by atoms with Crippen molar-refractivity contribution in [2.75, 3.05) is 0 Å². The highest BCUT2D eigenvalue weighted by Gasteiger charge is 2.23. The molecule has 1 heterocycles. The first-order valence-corrected chi connectivity index (χ1v) is 4.65. The van der Waals surface area contributed by atoms with Crippen LogP contribution in [-0.4, -0.2) is 23.3 Å². The highest BCUT2D eigenvalue weighted by atomic mass is 16.6. The maximum Gasteiger partial charge on any atom is 0.306 e. The van der Waals surface area contributed by atoms with E-state index in [1.54, 1.807) is 6.92 Å². The standard InChI is InChI=1S/C10H16O3/c1-7-5-3-4-6-9(11)13-8(2)10(7)12/h3,5,7-8,10,12H,4,6H2,1-2H3/b5-3-. The minimum Gasteiger partial charge on any atom is -0.460 e. The van der Waals surface area contributed by atoms with Crippen LogP contribution in [0.3, 0.4) is 0 Å². The molecule has 3 heteroatoms. The predicted molar refractivity (Wildman–Crippen MR) is 49.1 cm³/mol. The second-order valence-electron chi connectivity index (χ2n) is 3.51. The van der Waals surface area contributed by atoms with Crippen molar-refractivity contribution >= 4 is 5.97 Å². The lowest BCUT2D eigenvalue weighted by Crippen LogP contribution is -2.32. The summed E-state index contributed by atoms with van der Waals surface area (Å²) in [4.78, 5) is 11.1. The molecule has 1 rings (SSSR count). The Bertz CT molecular complexity index is 210. The first-order chi connectivity index (χ1) is 6.11. The Balaban J connectivity index is 2.68. The van der Waals surface area contributed by atoms with E-state index in [1.165, 1.54) is 0 Å². The molecule has 1 N–H and O–H groups in total. The van der Waals surface area contributed by atoms with Gasteiger partial charge in [0.05, 0.1) is 6.10 Å². The van der Waals surface area contributed by atoms with Crippen LogP contribution >= 0.6 is 0 Å². The van der Waals surface area contributed by atoms with E-state index >= 15 is 0 Å². The average molecular weight is 184 g/mol. The molecule has 13 heavy (non-hydrogen) atoms. The molecule has 0 aliphatic carbocycles. The highest BCUT2D eigenvalue weighted by molar-refractivity contribution is 5.69. The number of allylic oxidation sites excluding steroid dienone is 1. The van der Waals surface area contributed by atoms with Gasteiger partial charge < -0.3 is 9.84 Å². The first kappa shape index (κ1) is 10.3. The molecule has 0 spiro atoms. The topological polar surface area (TPSA) is 46.5 Å². The Morgan fingerprint density at radius 3 is 2.92 bits per heavy atom. The second kappa shape index (κ2) is 4.42. The van der Waals surface area contributed by atoms with Crippen LogP contribution in [0.15, 0.2) is 12.2 Å². The fourth-order valence-corrected chi connectivity index (χ4v) is 1.39. The molecule has 3 unspecified atom stereocenters. The molecule has 0 bridgehead atoms. The minimum atomic E-state index is -0.599. The van der Waals surface area contributed by atoms with Gasteiger partial charge in [-0.1, -0.05) is 19.1 Å². The van der Waals surface area contributed by atoms with E-state index in [9.17, 15) is 9.90 Å². The highest BCUT2D eigenvalue weighted by Crippen LogP contribution is 2.15. The third kappa shape index (κ3) is 2.84. The molecule has 0 aromatic heterocycles. The van der Waals surface area contributed by atoms with Crippen molar-refractivity contribution in [3.8, 4) is 0 Å². The third-order valence-electron chi connectivity index (χ3n) is 2.29. The minimum absolute atomic E-state index is 0.0425. The van der Waals surface area contributed by atoms with Crippen LogP contribution in [0.1, 0.15) is 26.7 Å². The number of hydrogen-bond acceptors (Lipinski definition) is 3. The molecular formula is C10H16O3. The van der Waals surface area contributed by atoms with Crippen molar-refractivity contribution in [3.05, 3.63) is 12.2 Å². The maximum atomic E-state index is 11.1. The van der Waals surface area contributed by atoms with Crippen molar-refractivity contribution in [2.45, 2.75) is 38.9 Å². The van der Waals surface area contributed by atoms with E-state index in [0.717, 1.165) is 0 Å². The van der Waals surface area contributed by atoms with E-state index in [0.29, 0.717) is 12.8 Å². The molecule has 0 saturated heterocycles. The first-order valence-electron chi connectivity index (χ1n) is 4.65. The summed E-state index contributed by atoms with van der Waals surface area (Å²) in [5, 5.41) is 9.67. The van der Waals surface area contributed by atoms with Crippen molar-refractivity contribution in [2.24, 2.45) is 5.92 Å². The number of aliphatic hydroxyl groups is 1. The quantitative estimate of drug-likeness (QED) is 0.455. The number of rotatable bonds is 0. The molecule has 3 nitrogen and oxygen atoms in total. The van der Waals surface area contributed by atoms with E-state index < -0.39 is 12.2 Å². The van der Waals surface area contributed by atoms with Gasteiger partial charge in [-0.2, -0.15) is 0 Å². The summed E-state index contributed by atoms with van der Waals surface area (Å²) in [7, 11) is 0. The predicted octanol–water partition coefficient (Wildman–Crippen LogP) is 1.27. The molecule has 0 saturated carbocycles. The summed E-state index contributed by atoms with van der Waals surface area (Å²) in [5.74, 6) is -0.189. The molecule has 1 aliphatic heterocycles. The van der Waals surface area contributed by atoms with Crippen molar-refractivity contribution < 1.29 is 14.6 Å². The lowest BCUT2D eigenvalue weighted by atomic mass is 10.0. The van der Waals surface area contributed by atoms with Gasteiger partial charge in [-0.15, -0.1) is 0 Å². The number of hydrogen-bond donors (Lipinski definition) is 1. The van der Waals surface area contributed by atoms with Gasteiger partial charge in [-0.05, 0) is 13.3 Å². The zero-order valence-electron chi connectivity index (χ0n) is 8.06. The number of esters is 1. The number of cyclic esters (lactones) is 1. The Hall–Kier alpha value is -0.830. The molecule has 0 aromatic carbocycles. The van der Waals surface area contributed by atoms with Crippen molar-refractivity contribution in [1.82, 2.24) is 0 Å². The monoisotopic (exact) mass is 184 g/mol. The third-order valence-corrected chi connectivity index (χ3v) is 2.29. The van der Waals surface area contributed by atoms with Gasteiger partial charge in [0.2, 0.25) is 0 Å². The van der Waals surface area contributed by atoms with Crippen LogP contribution in [0.5, 0.6) is 0 Å². The van der Waals surface area contributed by atoms with Crippen LogP contribution < -0.4 is 0 Å². The Morgan fingerprint density at radius 2 is 2.23 bits per heavy atom. The van der Waals surface area contributed by atoms with E-state index in [2.05, 4.69) is 0 Å². The normalized spacial score (nSPS) is 38.4. The van der Waals surface area contributed by atoms with E-state index in [4.69, 9.17) is 4.74 Å². The molecule has 0 amide bonds.